The van der Waals surface area contributed by atoms with Gasteiger partial charge >= 0.3 is 6.09 Å². The Bertz CT molecular complexity index is 980. The third kappa shape index (κ3) is 5.90. The fourth-order valence-corrected chi connectivity index (χ4v) is 3.24. The van der Waals surface area contributed by atoms with E-state index in [0.29, 0.717) is 29.8 Å². The molecule has 1 atom stereocenters. The summed E-state index contributed by atoms with van der Waals surface area (Å²) in [7, 11) is 0. The lowest BCUT2D eigenvalue weighted by molar-refractivity contribution is -0.121. The van der Waals surface area contributed by atoms with Gasteiger partial charge in [-0.05, 0) is 65.2 Å². The van der Waals surface area contributed by atoms with E-state index in [4.69, 9.17) is 14.2 Å². The van der Waals surface area contributed by atoms with Crippen LogP contribution in [0.25, 0.3) is 0 Å². The number of nitrogens with zero attached hydrogens (tertiary/aromatic N) is 1. The minimum Gasteiger partial charge on any atom is -0.493 e. The van der Waals surface area contributed by atoms with Gasteiger partial charge in [0.15, 0.2) is 0 Å². The van der Waals surface area contributed by atoms with Gasteiger partial charge < -0.3 is 24.8 Å². The van der Waals surface area contributed by atoms with Crippen LogP contribution in [0, 0.1) is 0 Å². The first-order valence-corrected chi connectivity index (χ1v) is 10.7. The molecule has 0 spiro atoms. The van der Waals surface area contributed by atoms with Gasteiger partial charge in [-0.25, -0.2) is 9.78 Å². The van der Waals surface area contributed by atoms with E-state index < -0.39 is 23.1 Å². The Hall–Kier alpha value is -3.29. The second-order valence-corrected chi connectivity index (χ2v) is 9.40. The Morgan fingerprint density at radius 1 is 1.12 bits per heavy atom. The van der Waals surface area contributed by atoms with Crippen LogP contribution in [0.15, 0.2) is 36.5 Å². The largest absolute Gasteiger partial charge is 0.493 e. The lowest BCUT2D eigenvalue weighted by atomic mass is 9.94. The number of amides is 2. The number of anilines is 1. The van der Waals surface area contributed by atoms with Gasteiger partial charge in [0.05, 0.1) is 18.5 Å². The normalized spacial score (nSPS) is 15.8. The van der Waals surface area contributed by atoms with Crippen molar-refractivity contribution >= 4 is 17.7 Å². The highest BCUT2D eigenvalue weighted by atomic mass is 16.6. The molecule has 0 saturated heterocycles. The summed E-state index contributed by atoms with van der Waals surface area (Å²) in [4.78, 5) is 29.0. The van der Waals surface area contributed by atoms with Crippen LogP contribution in [0.3, 0.4) is 0 Å². The number of pyridine rings is 1. The third-order valence-electron chi connectivity index (χ3n) is 4.92. The molecule has 8 nitrogen and oxygen atoms in total. The minimum absolute atomic E-state index is 0.327. The van der Waals surface area contributed by atoms with Crippen LogP contribution >= 0.6 is 0 Å². The molecule has 8 heteroatoms. The van der Waals surface area contributed by atoms with E-state index in [9.17, 15) is 9.59 Å². The maximum atomic E-state index is 12.7. The van der Waals surface area contributed by atoms with Crippen molar-refractivity contribution in [1.29, 1.82) is 0 Å². The van der Waals surface area contributed by atoms with E-state index in [2.05, 4.69) is 22.5 Å². The Kier molecular flexibility index (Phi) is 6.62. The number of carbonyl (C=O) groups excluding carboxylic acids is 2. The molecule has 1 aromatic carbocycles. The molecular weight excluding hydrogens is 410 g/mol. The summed E-state index contributed by atoms with van der Waals surface area (Å²) in [6, 6.07) is 9.10. The number of hydrogen-bond acceptors (Lipinski definition) is 6. The van der Waals surface area contributed by atoms with Crippen molar-refractivity contribution in [1.82, 2.24) is 10.3 Å². The fraction of sp³-hybridized carbons (Fsp3) is 0.458. The van der Waals surface area contributed by atoms with Crippen molar-refractivity contribution in [3.8, 4) is 17.4 Å². The van der Waals surface area contributed by atoms with Crippen molar-refractivity contribution in [3.05, 3.63) is 42.1 Å². The molecule has 1 unspecified atom stereocenters. The van der Waals surface area contributed by atoms with Gasteiger partial charge in [-0.15, -0.1) is 0 Å². The second kappa shape index (κ2) is 9.06. The molecule has 0 saturated carbocycles. The molecule has 0 fully saturated rings. The molecule has 2 N–H and O–H groups in total. The third-order valence-corrected chi connectivity index (χ3v) is 4.92. The predicted molar refractivity (Wildman–Crippen MR) is 121 cm³/mol. The smallest absolute Gasteiger partial charge is 0.408 e. The molecule has 1 aliphatic rings. The number of benzene rings is 1. The molecule has 0 bridgehead atoms. The Balaban J connectivity index is 1.64. The fourth-order valence-electron chi connectivity index (χ4n) is 3.24. The van der Waals surface area contributed by atoms with Crippen LogP contribution in [-0.4, -0.2) is 34.7 Å². The summed E-state index contributed by atoms with van der Waals surface area (Å²) in [5.74, 6) is 1.88. The highest BCUT2D eigenvalue weighted by Gasteiger charge is 2.31. The van der Waals surface area contributed by atoms with Crippen molar-refractivity contribution in [2.75, 3.05) is 11.9 Å². The highest BCUT2D eigenvalue weighted by Crippen LogP contribution is 2.41. The molecule has 1 aliphatic heterocycles. The van der Waals surface area contributed by atoms with E-state index in [1.165, 1.54) is 6.20 Å². The van der Waals surface area contributed by atoms with E-state index in [1.807, 2.05) is 18.2 Å². The molecule has 3 rings (SSSR count). The number of fused-ring (bicyclic) bond motifs is 1. The van der Waals surface area contributed by atoms with Crippen LogP contribution in [-0.2, 0) is 9.53 Å². The number of rotatable bonds is 5. The number of carbonyl (C=O) groups is 2. The SMILES string of the molecule is CC1CCOc2cccc(Oc3ccc(NC(=O)C(C)(C)NC(=O)OC(C)(C)C)cn3)c21. The molecule has 0 radical (unpaired) electrons. The first kappa shape index (κ1) is 23.4. The molecular formula is C24H31N3O5. The van der Waals surface area contributed by atoms with E-state index in [1.54, 1.807) is 46.8 Å². The lowest BCUT2D eigenvalue weighted by Crippen LogP contribution is -2.53. The number of alkyl carbamates (subject to hydrolysis) is 1. The molecule has 2 heterocycles. The summed E-state index contributed by atoms with van der Waals surface area (Å²) in [6.45, 7) is 11.3. The number of aromatic nitrogens is 1. The van der Waals surface area contributed by atoms with Crippen LogP contribution in [0.1, 0.15) is 59.4 Å². The number of nitrogens with one attached hydrogen (secondary N) is 2. The average Bonchev–Trinajstić information content (AvgIpc) is 2.67. The highest BCUT2D eigenvalue weighted by molar-refractivity contribution is 5.99. The van der Waals surface area contributed by atoms with Gasteiger partial charge in [0.1, 0.15) is 22.6 Å². The lowest BCUT2D eigenvalue weighted by Gasteiger charge is -2.27. The molecule has 1 aromatic heterocycles. The van der Waals surface area contributed by atoms with E-state index in [-0.39, 0.29) is 0 Å². The predicted octanol–water partition coefficient (Wildman–Crippen LogP) is 5.00. The number of ether oxygens (including phenoxy) is 3. The molecule has 172 valence electrons. The summed E-state index contributed by atoms with van der Waals surface area (Å²) >= 11 is 0. The number of hydrogen-bond donors (Lipinski definition) is 2. The molecule has 32 heavy (non-hydrogen) atoms. The summed E-state index contributed by atoms with van der Waals surface area (Å²) in [5.41, 5.74) is -0.323. The molecule has 2 aromatic rings. The maximum Gasteiger partial charge on any atom is 0.408 e. The van der Waals surface area contributed by atoms with Gasteiger partial charge in [0, 0.05) is 11.6 Å². The zero-order chi connectivity index (χ0) is 23.5. The van der Waals surface area contributed by atoms with Gasteiger partial charge in [0.2, 0.25) is 11.8 Å². The topological polar surface area (TPSA) is 98.8 Å². The van der Waals surface area contributed by atoms with Crippen molar-refractivity contribution in [2.45, 2.75) is 65.0 Å². The summed E-state index contributed by atoms with van der Waals surface area (Å²) < 4.78 is 17.0. The van der Waals surface area contributed by atoms with Crippen LogP contribution in [0.5, 0.6) is 17.4 Å². The zero-order valence-corrected chi connectivity index (χ0v) is 19.4. The van der Waals surface area contributed by atoms with Crippen LogP contribution < -0.4 is 20.1 Å². The minimum atomic E-state index is -1.18. The van der Waals surface area contributed by atoms with Crippen molar-refractivity contribution in [2.24, 2.45) is 0 Å². The maximum absolute atomic E-state index is 12.7. The van der Waals surface area contributed by atoms with Crippen molar-refractivity contribution < 1.29 is 23.8 Å². The first-order chi connectivity index (χ1) is 14.9. The van der Waals surface area contributed by atoms with Crippen LogP contribution in [0.2, 0.25) is 0 Å². The Morgan fingerprint density at radius 2 is 1.88 bits per heavy atom. The van der Waals surface area contributed by atoms with Gasteiger partial charge in [-0.1, -0.05) is 13.0 Å². The first-order valence-electron chi connectivity index (χ1n) is 10.7. The van der Waals surface area contributed by atoms with Gasteiger partial charge in [0.25, 0.3) is 0 Å². The summed E-state index contributed by atoms with van der Waals surface area (Å²) in [6.07, 6.45) is 1.77. The van der Waals surface area contributed by atoms with Gasteiger partial charge in [-0.3, -0.25) is 4.79 Å². The Labute approximate surface area is 188 Å². The molecule has 2 amide bonds. The van der Waals surface area contributed by atoms with E-state index >= 15 is 0 Å². The van der Waals surface area contributed by atoms with Gasteiger partial charge in [-0.2, -0.15) is 0 Å². The zero-order valence-electron chi connectivity index (χ0n) is 19.4. The van der Waals surface area contributed by atoms with Crippen molar-refractivity contribution in [3.63, 3.8) is 0 Å². The van der Waals surface area contributed by atoms with Crippen LogP contribution in [0.4, 0.5) is 10.5 Å². The Morgan fingerprint density at radius 3 is 2.53 bits per heavy atom. The van der Waals surface area contributed by atoms with E-state index in [0.717, 1.165) is 17.7 Å². The standard InChI is InChI=1S/C24H31N3O5/c1-15-12-13-30-17-8-7-9-18(20(15)17)31-19-11-10-16(14-25-19)26-21(28)24(5,6)27-22(29)32-23(2,3)4/h7-11,14-15H,12-13H2,1-6H3,(H,26,28)(H,27,29). The summed E-state index contributed by atoms with van der Waals surface area (Å²) in [5, 5.41) is 5.33. The quantitative estimate of drug-likeness (QED) is 0.677. The second-order valence-electron chi connectivity index (χ2n) is 9.40. The molecule has 0 aliphatic carbocycles. The average molecular weight is 442 g/mol. The monoisotopic (exact) mass is 441 g/mol.